The van der Waals surface area contributed by atoms with Crippen LogP contribution in [0.2, 0.25) is 0 Å². The minimum atomic E-state index is -0.415. The molecule has 0 bridgehead atoms. The van der Waals surface area contributed by atoms with E-state index in [1.165, 1.54) is 44.1 Å². The van der Waals surface area contributed by atoms with Gasteiger partial charge in [0.1, 0.15) is 5.60 Å². The van der Waals surface area contributed by atoms with Crippen molar-refractivity contribution in [3.63, 3.8) is 0 Å². The lowest BCUT2D eigenvalue weighted by atomic mass is 10.1. The van der Waals surface area contributed by atoms with Crippen LogP contribution in [0.25, 0.3) is 0 Å². The van der Waals surface area contributed by atoms with Crippen LogP contribution in [0.4, 0.5) is 4.79 Å². The summed E-state index contributed by atoms with van der Waals surface area (Å²) in [6, 6.07) is 0.687. The molecule has 2 aliphatic rings. The van der Waals surface area contributed by atoms with Gasteiger partial charge in [0.05, 0.1) is 0 Å². The zero-order valence-corrected chi connectivity index (χ0v) is 14.5. The fourth-order valence-electron chi connectivity index (χ4n) is 3.12. The van der Waals surface area contributed by atoms with E-state index in [1.807, 2.05) is 20.8 Å². The highest BCUT2D eigenvalue weighted by Crippen LogP contribution is 2.19. The van der Waals surface area contributed by atoms with Gasteiger partial charge in [0, 0.05) is 25.7 Å². The molecule has 1 aliphatic carbocycles. The second-order valence-electron chi connectivity index (χ2n) is 7.61. The standard InChI is InChI=1S/C18H32N2O2/c1-18(2,3)22-17(21)20-12-10-15(11-13-20)14-19-16-8-6-4-5-7-9-16/h10,16,19H,4-9,11-14H2,1-3H3. The predicted octanol–water partition coefficient (Wildman–Crippen LogP) is 3.87. The number of amides is 1. The molecule has 0 atom stereocenters. The number of nitrogens with zero attached hydrogens (tertiary/aromatic N) is 1. The summed E-state index contributed by atoms with van der Waals surface area (Å²) >= 11 is 0. The molecule has 0 aromatic carbocycles. The third kappa shape index (κ3) is 5.99. The molecule has 1 aliphatic heterocycles. The van der Waals surface area contributed by atoms with E-state index in [2.05, 4.69) is 11.4 Å². The highest BCUT2D eigenvalue weighted by Gasteiger charge is 2.23. The summed E-state index contributed by atoms with van der Waals surface area (Å²) in [5.41, 5.74) is 1.02. The number of carbonyl (C=O) groups is 1. The highest BCUT2D eigenvalue weighted by molar-refractivity contribution is 5.68. The lowest BCUT2D eigenvalue weighted by Crippen LogP contribution is -2.40. The fraction of sp³-hybridized carbons (Fsp3) is 0.833. The van der Waals surface area contributed by atoms with Crippen molar-refractivity contribution >= 4 is 6.09 Å². The topological polar surface area (TPSA) is 41.6 Å². The Morgan fingerprint density at radius 2 is 1.95 bits per heavy atom. The maximum Gasteiger partial charge on any atom is 0.410 e. The lowest BCUT2D eigenvalue weighted by Gasteiger charge is -2.30. The number of hydrogen-bond acceptors (Lipinski definition) is 3. The molecule has 1 fully saturated rings. The molecule has 1 saturated carbocycles. The third-order valence-electron chi connectivity index (χ3n) is 4.43. The average molecular weight is 308 g/mol. The summed E-state index contributed by atoms with van der Waals surface area (Å²) in [5.74, 6) is 0. The number of nitrogens with one attached hydrogen (secondary N) is 1. The molecule has 1 heterocycles. The van der Waals surface area contributed by atoms with Gasteiger partial charge < -0.3 is 15.0 Å². The van der Waals surface area contributed by atoms with Gasteiger partial charge >= 0.3 is 6.09 Å². The molecule has 2 rings (SSSR count). The maximum atomic E-state index is 12.0. The molecule has 0 aromatic heterocycles. The number of ether oxygens (including phenoxy) is 1. The Morgan fingerprint density at radius 1 is 1.27 bits per heavy atom. The zero-order valence-electron chi connectivity index (χ0n) is 14.5. The summed E-state index contributed by atoms with van der Waals surface area (Å²) in [6.45, 7) is 8.16. The minimum Gasteiger partial charge on any atom is -0.444 e. The predicted molar refractivity (Wildman–Crippen MR) is 90.0 cm³/mol. The van der Waals surface area contributed by atoms with Crippen LogP contribution >= 0.6 is 0 Å². The van der Waals surface area contributed by atoms with Gasteiger partial charge in [0.25, 0.3) is 0 Å². The van der Waals surface area contributed by atoms with Crippen molar-refractivity contribution in [1.82, 2.24) is 10.2 Å². The Morgan fingerprint density at radius 3 is 2.50 bits per heavy atom. The molecule has 0 unspecified atom stereocenters. The van der Waals surface area contributed by atoms with Crippen LogP contribution in [-0.2, 0) is 4.74 Å². The highest BCUT2D eigenvalue weighted by atomic mass is 16.6. The maximum absolute atomic E-state index is 12.0. The number of rotatable bonds is 3. The quantitative estimate of drug-likeness (QED) is 0.636. The molecular formula is C18H32N2O2. The Bertz CT molecular complexity index is 390. The second-order valence-corrected chi connectivity index (χ2v) is 7.61. The lowest BCUT2D eigenvalue weighted by molar-refractivity contribution is 0.0265. The molecule has 1 amide bonds. The first kappa shape index (κ1) is 17.3. The van der Waals surface area contributed by atoms with Crippen LogP contribution in [0, 0.1) is 0 Å². The summed E-state index contributed by atoms with van der Waals surface area (Å²) in [4.78, 5) is 13.8. The molecule has 1 N–H and O–H groups in total. The third-order valence-corrected chi connectivity index (χ3v) is 4.43. The van der Waals surface area contributed by atoms with Crippen LogP contribution in [0.3, 0.4) is 0 Å². The van der Waals surface area contributed by atoms with Gasteiger partial charge in [-0.1, -0.05) is 37.3 Å². The van der Waals surface area contributed by atoms with Gasteiger partial charge in [0.2, 0.25) is 0 Å². The van der Waals surface area contributed by atoms with Crippen LogP contribution in [0.1, 0.15) is 65.7 Å². The van der Waals surface area contributed by atoms with Gasteiger partial charge in [-0.05, 0) is 40.0 Å². The van der Waals surface area contributed by atoms with Gasteiger partial charge in [0.15, 0.2) is 0 Å². The van der Waals surface area contributed by atoms with Gasteiger partial charge in [-0.3, -0.25) is 0 Å². The van der Waals surface area contributed by atoms with Crippen molar-refractivity contribution in [2.75, 3.05) is 19.6 Å². The van der Waals surface area contributed by atoms with Crippen LogP contribution < -0.4 is 5.32 Å². The molecule has 4 nitrogen and oxygen atoms in total. The Balaban J connectivity index is 1.73. The Kier molecular flexibility index (Phi) is 6.30. The zero-order chi connectivity index (χ0) is 16.0. The van der Waals surface area contributed by atoms with E-state index in [0.29, 0.717) is 12.6 Å². The van der Waals surface area contributed by atoms with Crippen LogP contribution in [0.15, 0.2) is 11.6 Å². The van der Waals surface area contributed by atoms with Gasteiger partial charge in [-0.25, -0.2) is 4.79 Å². The van der Waals surface area contributed by atoms with E-state index in [-0.39, 0.29) is 6.09 Å². The van der Waals surface area contributed by atoms with Gasteiger partial charge in [-0.15, -0.1) is 0 Å². The summed E-state index contributed by atoms with van der Waals surface area (Å²) < 4.78 is 5.42. The second kappa shape index (κ2) is 8.00. The van der Waals surface area contributed by atoms with Crippen LogP contribution in [-0.4, -0.2) is 42.3 Å². The summed E-state index contributed by atoms with van der Waals surface area (Å²) in [7, 11) is 0. The molecule has 0 aromatic rings. The minimum absolute atomic E-state index is 0.195. The number of hydrogen-bond donors (Lipinski definition) is 1. The van der Waals surface area contributed by atoms with E-state index >= 15 is 0 Å². The van der Waals surface area contributed by atoms with E-state index < -0.39 is 5.60 Å². The summed E-state index contributed by atoms with van der Waals surface area (Å²) in [6.07, 6.45) is 11.1. The smallest absolute Gasteiger partial charge is 0.410 e. The first-order valence-corrected chi connectivity index (χ1v) is 8.83. The van der Waals surface area contributed by atoms with Crippen molar-refractivity contribution in [2.45, 2.75) is 77.4 Å². The van der Waals surface area contributed by atoms with Crippen LogP contribution in [0.5, 0.6) is 0 Å². The van der Waals surface area contributed by atoms with Crippen molar-refractivity contribution in [1.29, 1.82) is 0 Å². The molecule has 0 radical (unpaired) electrons. The molecular weight excluding hydrogens is 276 g/mol. The van der Waals surface area contributed by atoms with E-state index in [9.17, 15) is 4.79 Å². The first-order valence-electron chi connectivity index (χ1n) is 8.83. The van der Waals surface area contributed by atoms with E-state index in [1.54, 1.807) is 4.90 Å². The SMILES string of the molecule is CC(C)(C)OC(=O)N1CC=C(CNC2CCCCCC2)CC1. The Labute approximate surface area is 135 Å². The number of carbonyl (C=O) groups excluding carboxylic acids is 1. The van der Waals surface area contributed by atoms with E-state index in [0.717, 1.165) is 19.5 Å². The molecule has 22 heavy (non-hydrogen) atoms. The summed E-state index contributed by atoms with van der Waals surface area (Å²) in [5, 5.41) is 3.71. The average Bonchev–Trinajstić information content (AvgIpc) is 2.72. The molecule has 126 valence electrons. The van der Waals surface area contributed by atoms with E-state index in [4.69, 9.17) is 4.74 Å². The monoisotopic (exact) mass is 308 g/mol. The van der Waals surface area contributed by atoms with Gasteiger partial charge in [-0.2, -0.15) is 0 Å². The first-order chi connectivity index (χ1) is 10.4. The normalized spacial score (nSPS) is 21.2. The molecule has 0 saturated heterocycles. The van der Waals surface area contributed by atoms with Crippen molar-refractivity contribution in [3.05, 3.63) is 11.6 Å². The van der Waals surface area contributed by atoms with Crippen molar-refractivity contribution < 1.29 is 9.53 Å². The Hall–Kier alpha value is -1.03. The largest absolute Gasteiger partial charge is 0.444 e. The van der Waals surface area contributed by atoms with Crippen molar-refractivity contribution in [2.24, 2.45) is 0 Å². The molecule has 0 spiro atoms. The fourth-order valence-corrected chi connectivity index (χ4v) is 3.12. The van der Waals surface area contributed by atoms with Crippen molar-refractivity contribution in [3.8, 4) is 0 Å². The molecule has 4 heteroatoms.